The zero-order valence-electron chi connectivity index (χ0n) is 13.8. The van der Waals surface area contributed by atoms with E-state index < -0.39 is 23.5 Å². The largest absolute Gasteiger partial charge is 0.463 e. The van der Waals surface area contributed by atoms with Crippen LogP contribution in [0, 0.1) is 5.92 Å². The van der Waals surface area contributed by atoms with Gasteiger partial charge in [-0.25, -0.2) is 0 Å². The number of hydrogen-bond acceptors (Lipinski definition) is 5. The minimum atomic E-state index is -1.52. The first-order chi connectivity index (χ1) is 10.9. The highest BCUT2D eigenvalue weighted by Crippen LogP contribution is 2.25. The Labute approximate surface area is 136 Å². The first-order valence-electron chi connectivity index (χ1n) is 7.64. The summed E-state index contributed by atoms with van der Waals surface area (Å²) in [6, 6.07) is 8.65. The van der Waals surface area contributed by atoms with Crippen molar-refractivity contribution in [1.29, 1.82) is 0 Å². The molecule has 0 fully saturated rings. The number of ether oxygens (including phenoxy) is 2. The van der Waals surface area contributed by atoms with E-state index in [4.69, 9.17) is 9.47 Å². The molecule has 1 rings (SSSR count). The molecule has 23 heavy (non-hydrogen) atoms. The van der Waals surface area contributed by atoms with Gasteiger partial charge in [-0.15, -0.1) is 0 Å². The van der Waals surface area contributed by atoms with E-state index in [1.165, 1.54) is 13.8 Å². The van der Waals surface area contributed by atoms with Crippen LogP contribution in [0.2, 0.25) is 0 Å². The van der Waals surface area contributed by atoms with Crippen LogP contribution in [0.4, 0.5) is 0 Å². The molecule has 0 aromatic heterocycles. The average Bonchev–Trinajstić information content (AvgIpc) is 2.50. The molecule has 0 aliphatic carbocycles. The Kier molecular flexibility index (Phi) is 7.48. The summed E-state index contributed by atoms with van der Waals surface area (Å²) in [6.45, 7) is 4.43. The zero-order chi connectivity index (χ0) is 17.3. The number of hydrogen-bond donors (Lipinski definition) is 1. The van der Waals surface area contributed by atoms with E-state index in [1.54, 1.807) is 24.3 Å². The van der Waals surface area contributed by atoms with Gasteiger partial charge in [0.1, 0.15) is 18.0 Å². The summed E-state index contributed by atoms with van der Waals surface area (Å²) in [4.78, 5) is 23.4. The molecule has 0 saturated heterocycles. The predicted octanol–water partition coefficient (Wildman–Crippen LogP) is 2.88. The third-order valence-electron chi connectivity index (χ3n) is 3.34. The molecule has 0 radical (unpaired) electrons. The summed E-state index contributed by atoms with van der Waals surface area (Å²) in [5, 5.41) is 10.6. The lowest BCUT2D eigenvalue weighted by atomic mass is 9.87. The summed E-state index contributed by atoms with van der Waals surface area (Å²) in [7, 11) is 0. The molecule has 126 valence electrons. The van der Waals surface area contributed by atoms with Gasteiger partial charge in [-0.1, -0.05) is 37.3 Å². The molecule has 0 amide bonds. The fraction of sp³-hybridized carbons (Fsp3) is 0.444. The second-order valence-electron chi connectivity index (χ2n) is 5.54. The molecule has 5 nitrogen and oxygen atoms in total. The van der Waals surface area contributed by atoms with Gasteiger partial charge in [0.2, 0.25) is 0 Å². The Balaban J connectivity index is 2.87. The molecule has 0 spiro atoms. The van der Waals surface area contributed by atoms with Crippen LogP contribution in [0.15, 0.2) is 42.5 Å². The van der Waals surface area contributed by atoms with Gasteiger partial charge in [-0.3, -0.25) is 9.59 Å². The Morgan fingerprint density at radius 2 is 1.91 bits per heavy atom. The average molecular weight is 320 g/mol. The summed E-state index contributed by atoms with van der Waals surface area (Å²) in [5.41, 5.74) is -1.52. The van der Waals surface area contributed by atoms with Crippen LogP contribution in [0.5, 0.6) is 5.75 Å². The number of esters is 2. The molecule has 0 aliphatic heterocycles. The maximum atomic E-state index is 12.4. The summed E-state index contributed by atoms with van der Waals surface area (Å²) >= 11 is 0. The van der Waals surface area contributed by atoms with Gasteiger partial charge in [0.15, 0.2) is 0 Å². The molecular formula is C18H24O5. The first-order valence-corrected chi connectivity index (χ1v) is 7.64. The third-order valence-corrected chi connectivity index (χ3v) is 3.34. The van der Waals surface area contributed by atoms with Gasteiger partial charge in [0.05, 0.1) is 5.92 Å². The molecule has 2 unspecified atom stereocenters. The number of aliphatic hydroxyl groups is 1. The van der Waals surface area contributed by atoms with Crippen LogP contribution < -0.4 is 4.74 Å². The number of para-hydroxylation sites is 1. The van der Waals surface area contributed by atoms with Crippen LogP contribution in [0.3, 0.4) is 0 Å². The summed E-state index contributed by atoms with van der Waals surface area (Å²) in [6.07, 6.45) is 4.85. The molecule has 5 heteroatoms. The topological polar surface area (TPSA) is 72.8 Å². The number of allylic oxidation sites excluding steroid dienone is 2. The van der Waals surface area contributed by atoms with E-state index in [0.29, 0.717) is 12.2 Å². The molecule has 1 aromatic carbocycles. The number of benzene rings is 1. The molecule has 0 bridgehead atoms. The lowest BCUT2D eigenvalue weighted by molar-refractivity contribution is -0.161. The van der Waals surface area contributed by atoms with E-state index in [-0.39, 0.29) is 6.61 Å². The highest BCUT2D eigenvalue weighted by atomic mass is 16.5. The Morgan fingerprint density at radius 1 is 1.26 bits per heavy atom. The fourth-order valence-corrected chi connectivity index (χ4v) is 2.03. The van der Waals surface area contributed by atoms with Crippen molar-refractivity contribution >= 4 is 11.9 Å². The van der Waals surface area contributed by atoms with Gasteiger partial charge in [-0.2, -0.15) is 0 Å². The second kappa shape index (κ2) is 9.10. The summed E-state index contributed by atoms with van der Waals surface area (Å²) in [5.74, 6) is -1.51. The zero-order valence-corrected chi connectivity index (χ0v) is 13.8. The monoisotopic (exact) mass is 320 g/mol. The predicted molar refractivity (Wildman–Crippen MR) is 86.9 cm³/mol. The van der Waals surface area contributed by atoms with Crippen molar-refractivity contribution in [2.24, 2.45) is 5.92 Å². The number of carbonyl (C=O) groups excluding carboxylic acids is 2. The van der Waals surface area contributed by atoms with Gasteiger partial charge < -0.3 is 14.6 Å². The van der Waals surface area contributed by atoms with E-state index in [2.05, 4.69) is 0 Å². The Morgan fingerprint density at radius 3 is 2.48 bits per heavy atom. The van der Waals surface area contributed by atoms with Crippen molar-refractivity contribution in [1.82, 2.24) is 0 Å². The van der Waals surface area contributed by atoms with Crippen molar-refractivity contribution in [3.63, 3.8) is 0 Å². The minimum Gasteiger partial charge on any atom is -0.463 e. The highest BCUT2D eigenvalue weighted by molar-refractivity contribution is 5.76. The van der Waals surface area contributed by atoms with Crippen LogP contribution in [-0.4, -0.2) is 29.3 Å². The maximum Gasteiger partial charge on any atom is 0.317 e. The van der Waals surface area contributed by atoms with Crippen LogP contribution in [0.25, 0.3) is 0 Å². The third kappa shape index (κ3) is 6.65. The standard InChI is InChI=1S/C18H24O5/c1-4-5-7-12-16(18(3,21)13-22-14(2)19)17(20)23-15-10-8-6-9-11-15/h5-11,16,21H,4,12-13H2,1-3H3/b7-5-. The second-order valence-corrected chi connectivity index (χ2v) is 5.54. The smallest absolute Gasteiger partial charge is 0.317 e. The molecule has 1 N–H and O–H groups in total. The van der Waals surface area contributed by atoms with Gasteiger partial charge >= 0.3 is 11.9 Å². The van der Waals surface area contributed by atoms with Crippen molar-refractivity contribution in [2.45, 2.75) is 39.2 Å². The van der Waals surface area contributed by atoms with E-state index in [0.717, 1.165) is 6.42 Å². The van der Waals surface area contributed by atoms with Crippen molar-refractivity contribution in [3.05, 3.63) is 42.5 Å². The van der Waals surface area contributed by atoms with Gasteiger partial charge in [0, 0.05) is 6.92 Å². The van der Waals surface area contributed by atoms with E-state index in [1.807, 2.05) is 25.1 Å². The van der Waals surface area contributed by atoms with Gasteiger partial charge in [0.25, 0.3) is 0 Å². The Hall–Kier alpha value is -2.14. The normalized spacial score (nSPS) is 15.0. The van der Waals surface area contributed by atoms with Crippen molar-refractivity contribution < 1.29 is 24.2 Å². The summed E-state index contributed by atoms with van der Waals surface area (Å²) < 4.78 is 10.2. The molecule has 0 heterocycles. The molecule has 0 saturated carbocycles. The van der Waals surface area contributed by atoms with Crippen molar-refractivity contribution in [2.75, 3.05) is 6.61 Å². The van der Waals surface area contributed by atoms with Crippen LogP contribution in [-0.2, 0) is 14.3 Å². The van der Waals surface area contributed by atoms with Crippen LogP contribution in [0.1, 0.15) is 33.6 Å². The van der Waals surface area contributed by atoms with Crippen LogP contribution >= 0.6 is 0 Å². The molecular weight excluding hydrogens is 296 g/mol. The highest BCUT2D eigenvalue weighted by Gasteiger charge is 2.39. The molecule has 0 aliphatic rings. The Bertz CT molecular complexity index is 534. The lowest BCUT2D eigenvalue weighted by Gasteiger charge is -2.30. The first kappa shape index (κ1) is 18.9. The minimum absolute atomic E-state index is 0.267. The van der Waals surface area contributed by atoms with Crippen molar-refractivity contribution in [3.8, 4) is 5.75 Å². The maximum absolute atomic E-state index is 12.4. The van der Waals surface area contributed by atoms with E-state index >= 15 is 0 Å². The fourth-order valence-electron chi connectivity index (χ4n) is 2.03. The van der Waals surface area contributed by atoms with E-state index in [9.17, 15) is 14.7 Å². The van der Waals surface area contributed by atoms with Gasteiger partial charge in [-0.05, 0) is 31.9 Å². The molecule has 2 atom stereocenters. The SMILES string of the molecule is CC/C=C\CC(C(=O)Oc1ccccc1)C(C)(O)COC(C)=O. The molecule has 1 aromatic rings. The number of carbonyl (C=O) groups is 2. The lowest BCUT2D eigenvalue weighted by Crippen LogP contribution is -2.45. The number of rotatable bonds is 8. The quantitative estimate of drug-likeness (QED) is 0.453.